The molecule has 3 rings (SSSR count). The topological polar surface area (TPSA) is 3.24 Å². The maximum absolute atomic E-state index is 2.77. The second kappa shape index (κ2) is 5.53. The van der Waals surface area contributed by atoms with E-state index in [2.05, 4.69) is 22.4 Å². The zero-order chi connectivity index (χ0) is 11.5. The van der Waals surface area contributed by atoms with E-state index in [1.807, 2.05) is 11.3 Å². The summed E-state index contributed by atoms with van der Waals surface area (Å²) in [6.07, 6.45) is 10.2. The molecule has 1 unspecified atom stereocenters. The predicted molar refractivity (Wildman–Crippen MR) is 74.4 cm³/mol. The highest BCUT2D eigenvalue weighted by atomic mass is 32.1. The van der Waals surface area contributed by atoms with Gasteiger partial charge in [-0.25, -0.2) is 0 Å². The molecule has 0 spiro atoms. The van der Waals surface area contributed by atoms with Crippen molar-refractivity contribution in [3.8, 4) is 0 Å². The van der Waals surface area contributed by atoms with E-state index in [9.17, 15) is 0 Å². The molecule has 94 valence electrons. The summed E-state index contributed by atoms with van der Waals surface area (Å²) in [5, 5.41) is 2.23. The van der Waals surface area contributed by atoms with E-state index < -0.39 is 0 Å². The Bertz CT molecular complexity index is 327. The highest BCUT2D eigenvalue weighted by Crippen LogP contribution is 2.36. The molecular formula is C15H23NS. The van der Waals surface area contributed by atoms with Crippen LogP contribution < -0.4 is 0 Å². The third kappa shape index (κ3) is 2.74. The number of rotatable bonds is 3. The summed E-state index contributed by atoms with van der Waals surface area (Å²) in [6, 6.07) is 5.28. The Labute approximate surface area is 109 Å². The lowest BCUT2D eigenvalue weighted by Gasteiger charge is -2.30. The van der Waals surface area contributed by atoms with Crippen LogP contribution in [0.1, 0.15) is 55.9 Å². The van der Waals surface area contributed by atoms with Crippen LogP contribution in [0.25, 0.3) is 0 Å². The average molecular weight is 249 g/mol. The summed E-state index contributed by atoms with van der Waals surface area (Å²) in [4.78, 5) is 4.36. The summed E-state index contributed by atoms with van der Waals surface area (Å²) < 4.78 is 0. The first-order chi connectivity index (χ1) is 8.43. The number of hydrogen-bond donors (Lipinski definition) is 0. The Kier molecular flexibility index (Phi) is 3.82. The minimum absolute atomic E-state index is 0.747. The molecule has 1 aromatic rings. The number of likely N-dealkylation sites (tertiary alicyclic amines) is 1. The molecule has 0 N–H and O–H groups in total. The second-order valence-electron chi connectivity index (χ2n) is 5.67. The van der Waals surface area contributed by atoms with Gasteiger partial charge in [0, 0.05) is 17.5 Å². The highest BCUT2D eigenvalue weighted by molar-refractivity contribution is 7.10. The van der Waals surface area contributed by atoms with Gasteiger partial charge >= 0.3 is 0 Å². The van der Waals surface area contributed by atoms with Gasteiger partial charge in [-0.15, -0.1) is 11.3 Å². The van der Waals surface area contributed by atoms with E-state index in [1.54, 1.807) is 4.88 Å². The molecule has 1 saturated carbocycles. The van der Waals surface area contributed by atoms with Crippen LogP contribution in [0.2, 0.25) is 0 Å². The van der Waals surface area contributed by atoms with Crippen molar-refractivity contribution in [2.45, 2.75) is 51.0 Å². The van der Waals surface area contributed by atoms with E-state index >= 15 is 0 Å². The van der Waals surface area contributed by atoms with Crippen molar-refractivity contribution in [2.75, 3.05) is 13.1 Å². The lowest BCUT2D eigenvalue weighted by Crippen LogP contribution is -2.29. The fourth-order valence-corrected chi connectivity index (χ4v) is 4.44. The number of thiophene rings is 1. The molecule has 1 aliphatic heterocycles. The molecule has 2 heterocycles. The quantitative estimate of drug-likeness (QED) is 0.764. The van der Waals surface area contributed by atoms with E-state index in [1.165, 1.54) is 58.0 Å². The third-order valence-electron chi connectivity index (χ3n) is 4.45. The Morgan fingerprint density at radius 2 is 2.00 bits per heavy atom. The summed E-state index contributed by atoms with van der Waals surface area (Å²) in [7, 11) is 0. The largest absolute Gasteiger partial charge is 0.295 e. The van der Waals surface area contributed by atoms with Gasteiger partial charge in [0.05, 0.1) is 0 Å². The van der Waals surface area contributed by atoms with Crippen LogP contribution in [0.5, 0.6) is 0 Å². The Hall–Kier alpha value is -0.340. The minimum atomic E-state index is 0.747. The van der Waals surface area contributed by atoms with Gasteiger partial charge in [0.2, 0.25) is 0 Å². The lowest BCUT2D eigenvalue weighted by atomic mass is 9.89. The van der Waals surface area contributed by atoms with Gasteiger partial charge in [0.1, 0.15) is 0 Å². The summed E-state index contributed by atoms with van der Waals surface area (Å²) in [5.74, 6) is 0.990. The first-order valence-electron chi connectivity index (χ1n) is 7.21. The van der Waals surface area contributed by atoms with E-state index in [-0.39, 0.29) is 0 Å². The molecule has 17 heavy (non-hydrogen) atoms. The molecule has 0 radical (unpaired) electrons. The molecule has 2 heteroatoms. The maximum Gasteiger partial charge on any atom is 0.0442 e. The van der Waals surface area contributed by atoms with Gasteiger partial charge in [-0.3, -0.25) is 4.90 Å². The summed E-state index contributed by atoms with van der Waals surface area (Å²) >= 11 is 1.94. The predicted octanol–water partition coefficient (Wildman–Crippen LogP) is 4.47. The molecule has 0 aromatic carbocycles. The fourth-order valence-electron chi connectivity index (χ4n) is 3.55. The normalized spacial score (nSPS) is 27.6. The molecule has 2 fully saturated rings. The molecule has 0 amide bonds. The molecule has 1 atom stereocenters. The van der Waals surface area contributed by atoms with Crippen LogP contribution in [0, 0.1) is 5.92 Å². The standard InChI is InChI=1S/C15H23NS/c1-2-6-13(7-3-1)12-16-10-4-8-14(16)15-9-5-11-17-15/h5,9,11,13-14H,1-4,6-8,10,12H2. The van der Waals surface area contributed by atoms with E-state index in [0.717, 1.165) is 12.0 Å². The first-order valence-corrected chi connectivity index (χ1v) is 8.09. The average Bonchev–Trinajstić information content (AvgIpc) is 3.00. The van der Waals surface area contributed by atoms with Crippen LogP contribution in [-0.4, -0.2) is 18.0 Å². The van der Waals surface area contributed by atoms with Crippen molar-refractivity contribution in [3.05, 3.63) is 22.4 Å². The van der Waals surface area contributed by atoms with Crippen LogP contribution in [0.3, 0.4) is 0 Å². The smallest absolute Gasteiger partial charge is 0.0442 e. The minimum Gasteiger partial charge on any atom is -0.295 e. The fraction of sp³-hybridized carbons (Fsp3) is 0.733. The number of hydrogen-bond acceptors (Lipinski definition) is 2. The van der Waals surface area contributed by atoms with Crippen molar-refractivity contribution in [2.24, 2.45) is 5.92 Å². The molecule has 1 aliphatic carbocycles. The van der Waals surface area contributed by atoms with Crippen LogP contribution >= 0.6 is 11.3 Å². The Balaban J connectivity index is 1.61. The molecule has 1 nitrogen and oxygen atoms in total. The van der Waals surface area contributed by atoms with Crippen LogP contribution in [-0.2, 0) is 0 Å². The zero-order valence-corrected chi connectivity index (χ0v) is 11.4. The van der Waals surface area contributed by atoms with Gasteiger partial charge in [-0.1, -0.05) is 25.3 Å². The maximum atomic E-state index is 2.77. The summed E-state index contributed by atoms with van der Waals surface area (Å²) in [6.45, 7) is 2.70. The Morgan fingerprint density at radius 1 is 1.12 bits per heavy atom. The van der Waals surface area contributed by atoms with Gasteiger partial charge in [-0.2, -0.15) is 0 Å². The SMILES string of the molecule is c1csc(C2CCCN2CC2CCCCC2)c1. The first kappa shape index (κ1) is 11.7. The van der Waals surface area contributed by atoms with Crippen molar-refractivity contribution < 1.29 is 0 Å². The van der Waals surface area contributed by atoms with Gasteiger partial charge < -0.3 is 0 Å². The molecular weight excluding hydrogens is 226 g/mol. The van der Waals surface area contributed by atoms with E-state index in [0.29, 0.717) is 0 Å². The monoisotopic (exact) mass is 249 g/mol. The highest BCUT2D eigenvalue weighted by Gasteiger charge is 2.28. The number of nitrogens with zero attached hydrogens (tertiary/aromatic N) is 1. The second-order valence-corrected chi connectivity index (χ2v) is 6.65. The van der Waals surface area contributed by atoms with Crippen LogP contribution in [0.4, 0.5) is 0 Å². The van der Waals surface area contributed by atoms with E-state index in [4.69, 9.17) is 0 Å². The molecule has 1 aromatic heterocycles. The van der Waals surface area contributed by atoms with Crippen molar-refractivity contribution in [1.29, 1.82) is 0 Å². The molecule has 1 saturated heterocycles. The Morgan fingerprint density at radius 3 is 2.76 bits per heavy atom. The van der Waals surface area contributed by atoms with Gasteiger partial charge in [-0.05, 0) is 49.6 Å². The van der Waals surface area contributed by atoms with Gasteiger partial charge in [0.15, 0.2) is 0 Å². The van der Waals surface area contributed by atoms with Crippen LogP contribution in [0.15, 0.2) is 17.5 Å². The lowest BCUT2D eigenvalue weighted by molar-refractivity contribution is 0.190. The molecule has 0 bridgehead atoms. The third-order valence-corrected chi connectivity index (χ3v) is 5.43. The molecule has 2 aliphatic rings. The summed E-state index contributed by atoms with van der Waals surface area (Å²) in [5.41, 5.74) is 0. The van der Waals surface area contributed by atoms with Gasteiger partial charge in [0.25, 0.3) is 0 Å². The van der Waals surface area contributed by atoms with Crippen molar-refractivity contribution >= 4 is 11.3 Å². The van der Waals surface area contributed by atoms with Crippen molar-refractivity contribution in [3.63, 3.8) is 0 Å². The van der Waals surface area contributed by atoms with Crippen molar-refractivity contribution in [1.82, 2.24) is 4.90 Å². The zero-order valence-electron chi connectivity index (χ0n) is 10.6.